The van der Waals surface area contributed by atoms with Gasteiger partial charge in [-0.1, -0.05) is 32.4 Å². The minimum Gasteiger partial charge on any atom is -0.302 e. The molecule has 17 heavy (non-hydrogen) atoms. The van der Waals surface area contributed by atoms with Gasteiger partial charge >= 0.3 is 0 Å². The Kier molecular flexibility index (Phi) is 4.40. The van der Waals surface area contributed by atoms with Crippen LogP contribution in [0.2, 0.25) is 0 Å². The number of nitrogens with one attached hydrogen (secondary N) is 2. The van der Waals surface area contributed by atoms with Gasteiger partial charge in [-0.2, -0.15) is 0 Å². The molecule has 0 aromatic rings. The molecule has 0 unspecified atom stereocenters. The summed E-state index contributed by atoms with van der Waals surface area (Å²) in [5.74, 6) is -0.743. The molecule has 0 spiro atoms. The highest BCUT2D eigenvalue weighted by Gasteiger charge is 2.51. The van der Waals surface area contributed by atoms with Crippen LogP contribution in [0.15, 0.2) is 12.2 Å². The molecular weight excluding hydrogens is 236 g/mol. The summed E-state index contributed by atoms with van der Waals surface area (Å²) in [6.07, 6.45) is 5.01. The molecule has 94 valence electrons. The van der Waals surface area contributed by atoms with Crippen LogP contribution in [0.4, 0.5) is 0 Å². The summed E-state index contributed by atoms with van der Waals surface area (Å²) in [4.78, 5) is 24.3. The van der Waals surface area contributed by atoms with E-state index < -0.39 is 5.41 Å². The zero-order valence-electron chi connectivity index (χ0n) is 10.4. The third kappa shape index (κ3) is 2.39. The number of allylic oxidation sites excluding steroid dienone is 2. The van der Waals surface area contributed by atoms with Gasteiger partial charge in [0.15, 0.2) is 5.11 Å². The quantitative estimate of drug-likeness (QED) is 0.454. The molecular formula is C12H18N2O2S. The highest BCUT2D eigenvalue weighted by molar-refractivity contribution is 7.80. The van der Waals surface area contributed by atoms with E-state index in [4.69, 9.17) is 12.2 Å². The van der Waals surface area contributed by atoms with Gasteiger partial charge in [-0.15, -0.1) is 0 Å². The first-order valence-corrected chi connectivity index (χ1v) is 6.19. The minimum atomic E-state index is -1.04. The van der Waals surface area contributed by atoms with Gasteiger partial charge < -0.3 is 10.6 Å². The Balaban J connectivity index is 3.16. The molecule has 0 aromatic carbocycles. The van der Waals surface area contributed by atoms with Crippen LogP contribution in [0.5, 0.6) is 0 Å². The van der Waals surface area contributed by atoms with E-state index in [2.05, 4.69) is 10.6 Å². The van der Waals surface area contributed by atoms with Gasteiger partial charge in [0.1, 0.15) is 5.41 Å². The van der Waals surface area contributed by atoms with Crippen molar-refractivity contribution >= 4 is 29.1 Å². The molecule has 5 heteroatoms. The second-order valence-electron chi connectivity index (χ2n) is 4.27. The first-order chi connectivity index (χ1) is 7.98. The van der Waals surface area contributed by atoms with Gasteiger partial charge in [0, 0.05) is 0 Å². The number of amides is 2. The molecule has 1 aliphatic rings. The van der Waals surface area contributed by atoms with Crippen molar-refractivity contribution in [1.29, 1.82) is 0 Å². The first kappa shape index (κ1) is 13.8. The van der Waals surface area contributed by atoms with Crippen LogP contribution in [0.1, 0.15) is 33.6 Å². The van der Waals surface area contributed by atoms with Crippen LogP contribution in [-0.4, -0.2) is 16.9 Å². The molecule has 0 saturated carbocycles. The number of rotatable bonds is 4. The maximum atomic E-state index is 12.1. The van der Waals surface area contributed by atoms with Crippen molar-refractivity contribution in [3.63, 3.8) is 0 Å². The number of hydrogen-bond donors (Lipinski definition) is 2. The fourth-order valence-corrected chi connectivity index (χ4v) is 2.46. The molecule has 1 saturated heterocycles. The van der Waals surface area contributed by atoms with E-state index >= 15 is 0 Å². The van der Waals surface area contributed by atoms with Crippen molar-refractivity contribution in [2.75, 3.05) is 0 Å². The fraction of sp³-hybridized carbons (Fsp3) is 0.583. The first-order valence-electron chi connectivity index (χ1n) is 5.78. The summed E-state index contributed by atoms with van der Waals surface area (Å²) in [6.45, 7) is 5.71. The van der Waals surface area contributed by atoms with E-state index in [-0.39, 0.29) is 22.8 Å². The van der Waals surface area contributed by atoms with Crippen LogP contribution in [0.3, 0.4) is 0 Å². The maximum Gasteiger partial charge on any atom is 0.242 e. The lowest BCUT2D eigenvalue weighted by molar-refractivity contribution is -0.146. The average molecular weight is 254 g/mol. The molecule has 2 N–H and O–H groups in total. The second-order valence-corrected chi connectivity index (χ2v) is 4.68. The monoisotopic (exact) mass is 254 g/mol. The van der Waals surface area contributed by atoms with E-state index in [9.17, 15) is 9.59 Å². The van der Waals surface area contributed by atoms with Gasteiger partial charge in [-0.25, -0.2) is 0 Å². The predicted octanol–water partition coefficient (Wildman–Crippen LogP) is 1.52. The molecule has 0 bridgehead atoms. The Morgan fingerprint density at radius 1 is 1.35 bits per heavy atom. The standard InChI is InChI=1S/C12H18N2O2S/c1-4-6-8(3)12(7-5-2)9(15)13-11(17)14-10(12)16/h4,6,8H,5,7H2,1-3H3,(H2,13,14,15,16,17)/b6-4-/t8-/m1/s1. The molecule has 1 aliphatic heterocycles. The topological polar surface area (TPSA) is 58.2 Å². The smallest absolute Gasteiger partial charge is 0.242 e. The Labute approximate surface area is 107 Å². The average Bonchev–Trinajstić information content (AvgIpc) is 2.23. The highest BCUT2D eigenvalue weighted by atomic mass is 32.1. The van der Waals surface area contributed by atoms with Crippen LogP contribution in [-0.2, 0) is 9.59 Å². The summed E-state index contributed by atoms with van der Waals surface area (Å²) in [5, 5.41) is 5.20. The molecule has 1 heterocycles. The van der Waals surface area contributed by atoms with Gasteiger partial charge in [0.05, 0.1) is 0 Å². The summed E-state index contributed by atoms with van der Waals surface area (Å²) < 4.78 is 0. The van der Waals surface area contributed by atoms with E-state index in [1.165, 1.54) is 0 Å². The summed E-state index contributed by atoms with van der Waals surface area (Å²) in [6, 6.07) is 0. The van der Waals surface area contributed by atoms with Crippen molar-refractivity contribution in [3.8, 4) is 0 Å². The van der Waals surface area contributed by atoms with Gasteiger partial charge in [0.25, 0.3) is 0 Å². The van der Waals surface area contributed by atoms with Crippen LogP contribution in [0.25, 0.3) is 0 Å². The van der Waals surface area contributed by atoms with Crippen molar-refractivity contribution in [1.82, 2.24) is 10.6 Å². The lowest BCUT2D eigenvalue weighted by Crippen LogP contribution is -2.64. The number of hydrogen-bond acceptors (Lipinski definition) is 3. The number of carbonyl (C=O) groups is 2. The summed E-state index contributed by atoms with van der Waals surface area (Å²) in [5.41, 5.74) is -1.04. The summed E-state index contributed by atoms with van der Waals surface area (Å²) in [7, 11) is 0. The molecule has 0 aromatic heterocycles. The van der Waals surface area contributed by atoms with Crippen molar-refractivity contribution < 1.29 is 9.59 Å². The normalized spacial score (nSPS) is 21.2. The summed E-state index contributed by atoms with van der Waals surface area (Å²) >= 11 is 4.82. The third-order valence-corrected chi connectivity index (χ3v) is 3.37. The van der Waals surface area contributed by atoms with Crippen molar-refractivity contribution in [2.45, 2.75) is 33.6 Å². The van der Waals surface area contributed by atoms with Crippen LogP contribution >= 0.6 is 12.2 Å². The maximum absolute atomic E-state index is 12.1. The molecule has 1 fully saturated rings. The van der Waals surface area contributed by atoms with E-state index in [1.807, 2.05) is 32.9 Å². The Hall–Kier alpha value is -1.23. The molecule has 0 aliphatic carbocycles. The SMILES string of the molecule is C/C=C\[C@@H](C)C1(CCC)C(=O)NC(=S)NC1=O. The van der Waals surface area contributed by atoms with E-state index in [1.54, 1.807) is 0 Å². The van der Waals surface area contributed by atoms with Crippen LogP contribution in [0, 0.1) is 11.3 Å². The zero-order chi connectivity index (χ0) is 13.1. The highest BCUT2D eigenvalue weighted by Crippen LogP contribution is 2.36. The van der Waals surface area contributed by atoms with E-state index in [0.29, 0.717) is 6.42 Å². The van der Waals surface area contributed by atoms with Gasteiger partial charge in [-0.05, 0) is 31.5 Å². The minimum absolute atomic E-state index is 0.0967. The van der Waals surface area contributed by atoms with Gasteiger partial charge in [0.2, 0.25) is 11.8 Å². The Morgan fingerprint density at radius 3 is 2.29 bits per heavy atom. The van der Waals surface area contributed by atoms with Crippen molar-refractivity contribution in [2.24, 2.45) is 11.3 Å². The number of thiocarbonyl (C=S) groups is 1. The van der Waals surface area contributed by atoms with Crippen molar-refractivity contribution in [3.05, 3.63) is 12.2 Å². The molecule has 2 amide bonds. The fourth-order valence-electron chi connectivity index (χ4n) is 2.28. The lowest BCUT2D eigenvalue weighted by atomic mass is 9.70. The Bertz CT molecular complexity index is 357. The third-order valence-electron chi connectivity index (χ3n) is 3.17. The lowest BCUT2D eigenvalue weighted by Gasteiger charge is -2.38. The van der Waals surface area contributed by atoms with Gasteiger partial charge in [-0.3, -0.25) is 9.59 Å². The van der Waals surface area contributed by atoms with E-state index in [0.717, 1.165) is 6.42 Å². The molecule has 4 nitrogen and oxygen atoms in total. The zero-order valence-corrected chi connectivity index (χ0v) is 11.2. The number of carbonyl (C=O) groups excluding carboxylic acids is 2. The predicted molar refractivity (Wildman–Crippen MR) is 70.2 cm³/mol. The second kappa shape index (κ2) is 5.40. The molecule has 1 rings (SSSR count). The largest absolute Gasteiger partial charge is 0.302 e. The Morgan fingerprint density at radius 2 is 1.88 bits per heavy atom. The molecule has 1 atom stereocenters. The molecule has 0 radical (unpaired) electrons. The van der Waals surface area contributed by atoms with Crippen LogP contribution < -0.4 is 10.6 Å².